The van der Waals surface area contributed by atoms with Gasteiger partial charge in [0.15, 0.2) is 0 Å². The Morgan fingerprint density at radius 2 is 1.95 bits per heavy atom. The van der Waals surface area contributed by atoms with Crippen LogP contribution in [-0.4, -0.2) is 9.55 Å². The molecular weight excluding hydrogens is 250 g/mol. The van der Waals surface area contributed by atoms with E-state index in [4.69, 9.17) is 5.73 Å². The van der Waals surface area contributed by atoms with Gasteiger partial charge in [-0.2, -0.15) is 0 Å². The third-order valence-corrected chi connectivity index (χ3v) is 3.56. The van der Waals surface area contributed by atoms with E-state index >= 15 is 0 Å². The first-order valence-corrected chi connectivity index (χ1v) is 6.45. The summed E-state index contributed by atoms with van der Waals surface area (Å²) < 4.78 is 1.62. The van der Waals surface area contributed by atoms with Crippen LogP contribution in [0.3, 0.4) is 0 Å². The number of nitrogens with zero attached hydrogens (tertiary/aromatic N) is 2. The molecule has 0 amide bonds. The fourth-order valence-corrected chi connectivity index (χ4v) is 2.28. The zero-order valence-electron chi connectivity index (χ0n) is 11.2. The zero-order chi connectivity index (χ0) is 14.1. The van der Waals surface area contributed by atoms with Crippen LogP contribution in [0.15, 0.2) is 53.6 Å². The van der Waals surface area contributed by atoms with E-state index in [1.54, 1.807) is 17.0 Å². The topological polar surface area (TPSA) is 60.9 Å². The van der Waals surface area contributed by atoms with Crippen LogP contribution in [0.5, 0.6) is 0 Å². The number of rotatable bonds is 2. The third kappa shape index (κ3) is 2.05. The van der Waals surface area contributed by atoms with Crippen molar-refractivity contribution in [1.82, 2.24) is 9.55 Å². The molecular formula is C16H15N3O. The molecule has 1 heterocycles. The Morgan fingerprint density at radius 3 is 2.80 bits per heavy atom. The summed E-state index contributed by atoms with van der Waals surface area (Å²) in [5.41, 5.74) is 9.37. The van der Waals surface area contributed by atoms with Gasteiger partial charge in [0.1, 0.15) is 0 Å². The Balaban J connectivity index is 2.10. The zero-order valence-corrected chi connectivity index (χ0v) is 11.2. The molecule has 0 aliphatic heterocycles. The molecule has 0 spiro atoms. The predicted molar refractivity (Wildman–Crippen MR) is 80.7 cm³/mol. The highest BCUT2D eigenvalue weighted by molar-refractivity contribution is 5.76. The van der Waals surface area contributed by atoms with Crippen molar-refractivity contribution in [1.29, 1.82) is 0 Å². The van der Waals surface area contributed by atoms with Gasteiger partial charge in [-0.05, 0) is 36.2 Å². The van der Waals surface area contributed by atoms with Crippen LogP contribution < -0.4 is 11.3 Å². The average Bonchev–Trinajstić information content (AvgIpc) is 2.47. The molecule has 2 N–H and O–H groups in total. The molecule has 3 rings (SSSR count). The number of anilines is 1. The molecule has 4 heteroatoms. The number of nitrogens with two attached hydrogens (primary N) is 1. The van der Waals surface area contributed by atoms with E-state index in [-0.39, 0.29) is 5.56 Å². The van der Waals surface area contributed by atoms with Crippen LogP contribution in [-0.2, 0) is 6.54 Å². The summed E-state index contributed by atoms with van der Waals surface area (Å²) in [4.78, 5) is 16.7. The lowest BCUT2D eigenvalue weighted by molar-refractivity contribution is 0.745. The molecule has 4 nitrogen and oxygen atoms in total. The molecule has 0 unspecified atom stereocenters. The molecule has 0 radical (unpaired) electrons. The van der Waals surface area contributed by atoms with Gasteiger partial charge < -0.3 is 5.73 Å². The highest BCUT2D eigenvalue weighted by Gasteiger charge is 2.06. The first-order valence-electron chi connectivity index (χ1n) is 6.45. The van der Waals surface area contributed by atoms with Crippen molar-refractivity contribution < 1.29 is 0 Å². The quantitative estimate of drug-likeness (QED) is 0.723. The van der Waals surface area contributed by atoms with E-state index in [1.807, 2.05) is 43.3 Å². The van der Waals surface area contributed by atoms with Crippen LogP contribution in [0.2, 0.25) is 0 Å². The van der Waals surface area contributed by atoms with E-state index in [0.717, 1.165) is 22.3 Å². The largest absolute Gasteiger partial charge is 0.399 e. The maximum absolute atomic E-state index is 12.4. The van der Waals surface area contributed by atoms with Gasteiger partial charge in [0.25, 0.3) is 5.56 Å². The molecule has 0 aliphatic carbocycles. The number of fused-ring (bicyclic) bond motifs is 1. The molecule has 0 bridgehead atoms. The second kappa shape index (κ2) is 4.81. The van der Waals surface area contributed by atoms with Crippen molar-refractivity contribution in [2.75, 3.05) is 5.73 Å². The highest BCUT2D eigenvalue weighted by atomic mass is 16.1. The molecule has 100 valence electrons. The molecule has 0 fully saturated rings. The second-order valence-corrected chi connectivity index (χ2v) is 4.83. The first kappa shape index (κ1) is 12.4. The molecule has 0 saturated heterocycles. The number of benzene rings is 2. The lowest BCUT2D eigenvalue weighted by atomic mass is 10.1. The summed E-state index contributed by atoms with van der Waals surface area (Å²) in [7, 11) is 0. The fourth-order valence-electron chi connectivity index (χ4n) is 2.28. The van der Waals surface area contributed by atoms with Crippen molar-refractivity contribution >= 4 is 16.6 Å². The van der Waals surface area contributed by atoms with Gasteiger partial charge >= 0.3 is 0 Å². The number of hydrogen-bond acceptors (Lipinski definition) is 3. The summed E-state index contributed by atoms with van der Waals surface area (Å²) in [6.45, 7) is 2.44. The molecule has 0 aliphatic rings. The molecule has 2 aromatic carbocycles. The maximum atomic E-state index is 12.4. The minimum absolute atomic E-state index is 0.0302. The van der Waals surface area contributed by atoms with Gasteiger partial charge in [-0.15, -0.1) is 0 Å². The molecule has 20 heavy (non-hydrogen) atoms. The fraction of sp³-hybridized carbons (Fsp3) is 0.125. The van der Waals surface area contributed by atoms with Gasteiger partial charge in [-0.1, -0.05) is 24.3 Å². The Morgan fingerprint density at radius 1 is 1.15 bits per heavy atom. The first-order chi connectivity index (χ1) is 9.66. The maximum Gasteiger partial charge on any atom is 0.261 e. The normalized spacial score (nSPS) is 10.8. The van der Waals surface area contributed by atoms with Crippen molar-refractivity contribution in [2.24, 2.45) is 0 Å². The van der Waals surface area contributed by atoms with Crippen LogP contribution >= 0.6 is 0 Å². The van der Waals surface area contributed by atoms with Gasteiger partial charge in [-0.3, -0.25) is 9.36 Å². The van der Waals surface area contributed by atoms with Crippen molar-refractivity contribution in [2.45, 2.75) is 13.5 Å². The van der Waals surface area contributed by atoms with E-state index in [0.29, 0.717) is 11.9 Å². The second-order valence-electron chi connectivity index (χ2n) is 4.83. The van der Waals surface area contributed by atoms with Crippen LogP contribution in [0.4, 0.5) is 5.69 Å². The monoisotopic (exact) mass is 265 g/mol. The molecule has 0 atom stereocenters. The highest BCUT2D eigenvalue weighted by Crippen LogP contribution is 2.16. The lowest BCUT2D eigenvalue weighted by Gasteiger charge is -2.10. The molecule has 3 aromatic rings. The third-order valence-electron chi connectivity index (χ3n) is 3.56. The lowest BCUT2D eigenvalue weighted by Crippen LogP contribution is -2.21. The summed E-state index contributed by atoms with van der Waals surface area (Å²) in [5.74, 6) is 0. The minimum atomic E-state index is -0.0302. The standard InChI is InChI=1S/C16H15N3O/c1-11-12(5-4-7-14(11)17)9-19-10-18-15-8-3-2-6-13(15)16(19)20/h2-8,10H,9,17H2,1H3. The summed E-state index contributed by atoms with van der Waals surface area (Å²) in [6, 6.07) is 13.1. The van der Waals surface area contributed by atoms with E-state index in [1.165, 1.54) is 0 Å². The van der Waals surface area contributed by atoms with Gasteiger partial charge in [0, 0.05) is 5.69 Å². The minimum Gasteiger partial charge on any atom is -0.399 e. The van der Waals surface area contributed by atoms with Gasteiger partial charge in [-0.25, -0.2) is 4.98 Å². The van der Waals surface area contributed by atoms with E-state index < -0.39 is 0 Å². The van der Waals surface area contributed by atoms with E-state index in [9.17, 15) is 4.79 Å². The van der Waals surface area contributed by atoms with Gasteiger partial charge in [0.2, 0.25) is 0 Å². The van der Waals surface area contributed by atoms with E-state index in [2.05, 4.69) is 4.98 Å². The Kier molecular flexibility index (Phi) is 2.99. The Bertz CT molecular complexity index is 836. The number of aromatic nitrogens is 2. The van der Waals surface area contributed by atoms with Crippen molar-refractivity contribution in [3.63, 3.8) is 0 Å². The summed E-state index contributed by atoms with van der Waals surface area (Å²) in [6.07, 6.45) is 1.59. The smallest absolute Gasteiger partial charge is 0.261 e. The summed E-state index contributed by atoms with van der Waals surface area (Å²) >= 11 is 0. The molecule has 1 aromatic heterocycles. The molecule has 0 saturated carbocycles. The summed E-state index contributed by atoms with van der Waals surface area (Å²) in [5, 5.41) is 0.636. The van der Waals surface area contributed by atoms with Crippen LogP contribution in [0.1, 0.15) is 11.1 Å². The Labute approximate surface area is 116 Å². The predicted octanol–water partition coefficient (Wildman–Crippen LogP) is 2.34. The number of hydrogen-bond donors (Lipinski definition) is 1. The number of para-hydroxylation sites is 1. The van der Waals surface area contributed by atoms with Crippen molar-refractivity contribution in [3.8, 4) is 0 Å². The number of nitrogen functional groups attached to an aromatic ring is 1. The van der Waals surface area contributed by atoms with Crippen LogP contribution in [0, 0.1) is 6.92 Å². The average molecular weight is 265 g/mol. The van der Waals surface area contributed by atoms with Gasteiger partial charge in [0.05, 0.1) is 23.8 Å². The van der Waals surface area contributed by atoms with Crippen molar-refractivity contribution in [3.05, 3.63) is 70.3 Å². The van der Waals surface area contributed by atoms with Crippen LogP contribution in [0.25, 0.3) is 10.9 Å². The Hall–Kier alpha value is -2.62. The SMILES string of the molecule is Cc1c(N)cccc1Cn1cnc2ccccc2c1=O.